The molecule has 0 saturated carbocycles. The van der Waals surface area contributed by atoms with E-state index in [4.69, 9.17) is 5.11 Å². The van der Waals surface area contributed by atoms with Crippen LogP contribution in [0.15, 0.2) is 24.5 Å². The maximum absolute atomic E-state index is 11.1. The molecule has 2 aromatic heterocycles. The molecule has 0 unspecified atom stereocenters. The Morgan fingerprint density at radius 3 is 2.83 bits per heavy atom. The van der Waals surface area contributed by atoms with Crippen LogP contribution in [0.4, 0.5) is 0 Å². The lowest BCUT2D eigenvalue weighted by Gasteiger charge is -2.07. The minimum absolute atomic E-state index is 0.0125. The fourth-order valence-corrected chi connectivity index (χ4v) is 2.31. The van der Waals surface area contributed by atoms with Crippen molar-refractivity contribution in [2.75, 3.05) is 0 Å². The van der Waals surface area contributed by atoms with E-state index in [1.165, 1.54) is 6.33 Å². The Kier molecular flexibility index (Phi) is 2.10. The van der Waals surface area contributed by atoms with Crippen molar-refractivity contribution in [1.82, 2.24) is 14.4 Å². The van der Waals surface area contributed by atoms with E-state index >= 15 is 0 Å². The van der Waals surface area contributed by atoms with Crippen LogP contribution in [-0.4, -0.2) is 25.4 Å². The van der Waals surface area contributed by atoms with Crippen LogP contribution in [0.25, 0.3) is 16.6 Å². The van der Waals surface area contributed by atoms with Crippen LogP contribution >= 0.6 is 0 Å². The van der Waals surface area contributed by atoms with Crippen LogP contribution in [-0.2, 0) is 0 Å². The van der Waals surface area contributed by atoms with Gasteiger partial charge in [0.25, 0.3) is 0 Å². The van der Waals surface area contributed by atoms with E-state index in [0.29, 0.717) is 5.65 Å². The van der Waals surface area contributed by atoms with Crippen molar-refractivity contribution in [3.05, 3.63) is 41.5 Å². The molecular formula is C13H11N3O2. The number of carboxylic acids is 1. The molecule has 0 saturated heterocycles. The molecule has 1 aromatic carbocycles. The average molecular weight is 241 g/mol. The number of benzene rings is 1. The van der Waals surface area contributed by atoms with E-state index in [0.717, 1.165) is 22.2 Å². The molecule has 0 fully saturated rings. The number of hydrogen-bond acceptors (Lipinski definition) is 3. The lowest BCUT2D eigenvalue weighted by atomic mass is 10.1. The van der Waals surface area contributed by atoms with Crippen LogP contribution in [0.2, 0.25) is 0 Å². The molecule has 18 heavy (non-hydrogen) atoms. The minimum atomic E-state index is -1.06. The van der Waals surface area contributed by atoms with Crippen molar-refractivity contribution < 1.29 is 9.90 Å². The zero-order valence-electron chi connectivity index (χ0n) is 10.0. The first-order valence-electron chi connectivity index (χ1n) is 5.56. The molecule has 1 N–H and O–H groups in total. The maximum Gasteiger partial charge on any atom is 0.358 e. The highest BCUT2D eigenvalue weighted by Crippen LogP contribution is 2.23. The number of imidazole rings is 1. The first-order chi connectivity index (χ1) is 8.59. The van der Waals surface area contributed by atoms with Crippen LogP contribution < -0.4 is 0 Å². The monoisotopic (exact) mass is 241 g/mol. The van der Waals surface area contributed by atoms with Crippen molar-refractivity contribution in [2.24, 2.45) is 0 Å². The lowest BCUT2D eigenvalue weighted by molar-refractivity contribution is 0.0693. The number of fused-ring (bicyclic) bond motifs is 3. The van der Waals surface area contributed by atoms with Crippen LogP contribution in [0, 0.1) is 13.8 Å². The smallest absolute Gasteiger partial charge is 0.358 e. The van der Waals surface area contributed by atoms with Crippen molar-refractivity contribution in [3.8, 4) is 0 Å². The number of hydrogen-bond donors (Lipinski definition) is 1. The standard InChI is InChI=1S/C13H11N3O2/c1-7-4-3-5-9-10(7)8(2)15-12-11(13(17)18)14-6-16(9)12/h3-6H,1-2H3,(H,17,18). The topological polar surface area (TPSA) is 67.5 Å². The van der Waals surface area contributed by atoms with Gasteiger partial charge in [-0.05, 0) is 25.5 Å². The first-order valence-corrected chi connectivity index (χ1v) is 5.56. The molecule has 0 aliphatic carbocycles. The first kappa shape index (κ1) is 10.7. The van der Waals surface area contributed by atoms with E-state index in [2.05, 4.69) is 9.97 Å². The Labute approximate surface area is 103 Å². The number of rotatable bonds is 1. The number of carboxylic acid groups (broad SMARTS) is 1. The van der Waals surface area contributed by atoms with Gasteiger partial charge in [0.1, 0.15) is 6.33 Å². The van der Waals surface area contributed by atoms with E-state index in [-0.39, 0.29) is 5.69 Å². The molecule has 90 valence electrons. The third-order valence-corrected chi connectivity index (χ3v) is 3.09. The van der Waals surface area contributed by atoms with Gasteiger partial charge in [-0.2, -0.15) is 0 Å². The molecule has 0 bridgehead atoms. The molecule has 3 rings (SSSR count). The molecule has 5 nitrogen and oxygen atoms in total. The molecule has 2 heterocycles. The molecule has 5 heteroatoms. The number of aryl methyl sites for hydroxylation is 2. The van der Waals surface area contributed by atoms with E-state index in [1.54, 1.807) is 4.40 Å². The van der Waals surface area contributed by atoms with Gasteiger partial charge in [0, 0.05) is 11.1 Å². The van der Waals surface area contributed by atoms with Gasteiger partial charge >= 0.3 is 5.97 Å². The van der Waals surface area contributed by atoms with E-state index in [1.807, 2.05) is 32.0 Å². The Balaban J connectivity index is 2.56. The fraction of sp³-hybridized carbons (Fsp3) is 0.154. The summed E-state index contributed by atoms with van der Waals surface area (Å²) in [5.74, 6) is -1.06. The van der Waals surface area contributed by atoms with Crippen molar-refractivity contribution >= 4 is 22.5 Å². The largest absolute Gasteiger partial charge is 0.476 e. The zero-order chi connectivity index (χ0) is 12.9. The van der Waals surface area contributed by atoms with Gasteiger partial charge in [-0.25, -0.2) is 14.8 Å². The number of carbonyl (C=O) groups is 1. The predicted octanol–water partition coefficient (Wildman–Crippen LogP) is 2.20. The van der Waals surface area contributed by atoms with Gasteiger partial charge in [0.15, 0.2) is 11.3 Å². The molecule has 0 aliphatic heterocycles. The van der Waals surface area contributed by atoms with Crippen molar-refractivity contribution in [3.63, 3.8) is 0 Å². The highest BCUT2D eigenvalue weighted by Gasteiger charge is 2.16. The molecule has 0 aliphatic rings. The summed E-state index contributed by atoms with van der Waals surface area (Å²) in [6.07, 6.45) is 1.51. The fourth-order valence-electron chi connectivity index (χ4n) is 2.31. The van der Waals surface area contributed by atoms with Crippen LogP contribution in [0.5, 0.6) is 0 Å². The van der Waals surface area contributed by atoms with Crippen molar-refractivity contribution in [1.29, 1.82) is 0 Å². The number of nitrogens with zero attached hydrogens (tertiary/aromatic N) is 3. The Bertz CT molecular complexity index is 790. The van der Waals surface area contributed by atoms with Gasteiger partial charge < -0.3 is 5.11 Å². The lowest BCUT2D eigenvalue weighted by Crippen LogP contribution is -2.01. The Hall–Kier alpha value is -2.43. The number of aromatic nitrogens is 3. The van der Waals surface area contributed by atoms with Crippen molar-refractivity contribution in [2.45, 2.75) is 13.8 Å². The quantitative estimate of drug-likeness (QED) is 0.709. The summed E-state index contributed by atoms with van der Waals surface area (Å²) in [6, 6.07) is 5.90. The summed E-state index contributed by atoms with van der Waals surface area (Å²) in [5, 5.41) is 10.1. The van der Waals surface area contributed by atoms with E-state index in [9.17, 15) is 4.79 Å². The molecule has 3 aromatic rings. The number of aromatic carboxylic acids is 1. The second kappa shape index (κ2) is 3.53. The maximum atomic E-state index is 11.1. The summed E-state index contributed by atoms with van der Waals surface area (Å²) in [5.41, 5.74) is 3.24. The van der Waals surface area contributed by atoms with Gasteiger partial charge in [-0.15, -0.1) is 0 Å². The molecule has 0 amide bonds. The predicted molar refractivity (Wildman–Crippen MR) is 66.9 cm³/mol. The molecular weight excluding hydrogens is 230 g/mol. The van der Waals surface area contributed by atoms with Gasteiger partial charge in [-0.1, -0.05) is 12.1 Å². The van der Waals surface area contributed by atoms with Crippen LogP contribution in [0.1, 0.15) is 21.7 Å². The van der Waals surface area contributed by atoms with Crippen LogP contribution in [0.3, 0.4) is 0 Å². The molecule has 0 spiro atoms. The normalized spacial score (nSPS) is 11.2. The third-order valence-electron chi connectivity index (χ3n) is 3.09. The van der Waals surface area contributed by atoms with Gasteiger partial charge in [0.2, 0.25) is 0 Å². The summed E-state index contributed by atoms with van der Waals surface area (Å²) in [7, 11) is 0. The molecule has 0 radical (unpaired) electrons. The second-order valence-corrected chi connectivity index (χ2v) is 4.26. The summed E-state index contributed by atoms with van der Waals surface area (Å²) >= 11 is 0. The zero-order valence-corrected chi connectivity index (χ0v) is 10.0. The van der Waals surface area contributed by atoms with E-state index < -0.39 is 5.97 Å². The summed E-state index contributed by atoms with van der Waals surface area (Å²) in [6.45, 7) is 3.89. The minimum Gasteiger partial charge on any atom is -0.476 e. The summed E-state index contributed by atoms with van der Waals surface area (Å²) in [4.78, 5) is 19.4. The Morgan fingerprint density at radius 2 is 2.11 bits per heavy atom. The average Bonchev–Trinajstić information content (AvgIpc) is 2.72. The SMILES string of the molecule is Cc1cccc2c1c(C)nc1c(C(=O)O)ncn12. The highest BCUT2D eigenvalue weighted by molar-refractivity contribution is 5.95. The molecule has 0 atom stereocenters. The third kappa shape index (κ3) is 1.30. The second-order valence-electron chi connectivity index (χ2n) is 4.26. The highest BCUT2D eigenvalue weighted by atomic mass is 16.4. The van der Waals surface area contributed by atoms with Gasteiger partial charge in [-0.3, -0.25) is 4.40 Å². The van der Waals surface area contributed by atoms with Gasteiger partial charge in [0.05, 0.1) is 5.52 Å². The Morgan fingerprint density at radius 1 is 1.33 bits per heavy atom. The summed E-state index contributed by atoms with van der Waals surface area (Å²) < 4.78 is 1.72.